The molecule has 1 aromatic rings. The summed E-state index contributed by atoms with van der Waals surface area (Å²) in [5.41, 5.74) is 0. The second kappa shape index (κ2) is 7.40. The van der Waals surface area contributed by atoms with Crippen molar-refractivity contribution in [2.75, 3.05) is 19.7 Å². The first-order valence-electron chi connectivity index (χ1n) is 7.10. The first-order chi connectivity index (χ1) is 9.33. The van der Waals surface area contributed by atoms with Gasteiger partial charge >= 0.3 is 0 Å². The fourth-order valence-electron chi connectivity index (χ4n) is 2.61. The molecular formula is C14H23N3O2. The minimum absolute atomic E-state index is 0.126. The SMILES string of the molecule is C=CCN(CCO)Cc1noc(C2CCCCC2)n1. The Kier molecular flexibility index (Phi) is 5.54. The van der Waals surface area contributed by atoms with Gasteiger partial charge in [0.05, 0.1) is 13.2 Å². The lowest BCUT2D eigenvalue weighted by Gasteiger charge is -2.17. The van der Waals surface area contributed by atoms with Crippen molar-refractivity contribution in [3.63, 3.8) is 0 Å². The molecule has 1 aromatic heterocycles. The normalized spacial score (nSPS) is 16.9. The van der Waals surface area contributed by atoms with Crippen LogP contribution in [-0.4, -0.2) is 39.8 Å². The van der Waals surface area contributed by atoms with Crippen LogP contribution in [0.15, 0.2) is 17.2 Å². The third-order valence-corrected chi connectivity index (χ3v) is 3.61. The molecule has 1 aliphatic rings. The maximum Gasteiger partial charge on any atom is 0.229 e. The minimum atomic E-state index is 0.126. The topological polar surface area (TPSA) is 62.4 Å². The van der Waals surface area contributed by atoms with E-state index in [9.17, 15) is 0 Å². The molecule has 0 atom stereocenters. The van der Waals surface area contributed by atoms with E-state index in [1.165, 1.54) is 19.3 Å². The van der Waals surface area contributed by atoms with E-state index >= 15 is 0 Å². The van der Waals surface area contributed by atoms with Gasteiger partial charge in [-0.05, 0) is 12.8 Å². The van der Waals surface area contributed by atoms with Crippen LogP contribution in [0.1, 0.15) is 49.7 Å². The molecule has 1 N–H and O–H groups in total. The van der Waals surface area contributed by atoms with Crippen LogP contribution in [0.3, 0.4) is 0 Å². The Labute approximate surface area is 114 Å². The van der Waals surface area contributed by atoms with Gasteiger partial charge in [0.15, 0.2) is 5.82 Å². The lowest BCUT2D eigenvalue weighted by atomic mass is 9.89. The zero-order valence-electron chi connectivity index (χ0n) is 11.4. The van der Waals surface area contributed by atoms with Crippen LogP contribution in [0.5, 0.6) is 0 Å². The molecule has 1 heterocycles. The monoisotopic (exact) mass is 265 g/mol. The molecule has 0 saturated heterocycles. The van der Waals surface area contributed by atoms with Gasteiger partial charge in [-0.15, -0.1) is 6.58 Å². The van der Waals surface area contributed by atoms with E-state index < -0.39 is 0 Å². The van der Waals surface area contributed by atoms with Crippen molar-refractivity contribution in [1.82, 2.24) is 15.0 Å². The molecule has 0 radical (unpaired) electrons. The second-order valence-electron chi connectivity index (χ2n) is 5.13. The minimum Gasteiger partial charge on any atom is -0.395 e. The summed E-state index contributed by atoms with van der Waals surface area (Å²) in [6.07, 6.45) is 7.98. The highest BCUT2D eigenvalue weighted by Gasteiger charge is 2.21. The van der Waals surface area contributed by atoms with Crippen LogP contribution in [0.4, 0.5) is 0 Å². The molecule has 0 bridgehead atoms. The van der Waals surface area contributed by atoms with E-state index in [-0.39, 0.29) is 6.61 Å². The largest absolute Gasteiger partial charge is 0.395 e. The molecule has 5 nitrogen and oxygen atoms in total. The summed E-state index contributed by atoms with van der Waals surface area (Å²) >= 11 is 0. The fraction of sp³-hybridized carbons (Fsp3) is 0.714. The molecule has 1 fully saturated rings. The maximum absolute atomic E-state index is 9.01. The highest BCUT2D eigenvalue weighted by Crippen LogP contribution is 2.31. The standard InChI is InChI=1S/C14H23N3O2/c1-2-8-17(9-10-18)11-13-15-14(19-16-13)12-6-4-3-5-7-12/h2,12,18H,1,3-11H2. The first kappa shape index (κ1) is 14.2. The number of aromatic nitrogens is 2. The molecule has 0 amide bonds. The van der Waals surface area contributed by atoms with Gasteiger partial charge in [-0.25, -0.2) is 0 Å². The molecule has 0 unspecified atom stereocenters. The van der Waals surface area contributed by atoms with Crippen molar-refractivity contribution in [2.45, 2.75) is 44.6 Å². The van der Waals surface area contributed by atoms with Crippen LogP contribution in [0.2, 0.25) is 0 Å². The van der Waals surface area contributed by atoms with E-state index in [2.05, 4.69) is 16.7 Å². The summed E-state index contributed by atoms with van der Waals surface area (Å²) in [4.78, 5) is 6.55. The molecule has 2 rings (SSSR count). The Hall–Kier alpha value is -1.20. The predicted molar refractivity (Wildman–Crippen MR) is 72.7 cm³/mol. The summed E-state index contributed by atoms with van der Waals surface area (Å²) in [6.45, 7) is 5.75. The molecule has 19 heavy (non-hydrogen) atoms. The lowest BCUT2D eigenvalue weighted by Crippen LogP contribution is -2.27. The van der Waals surface area contributed by atoms with Crippen LogP contribution in [0.25, 0.3) is 0 Å². The Balaban J connectivity index is 1.93. The van der Waals surface area contributed by atoms with Crippen LogP contribution in [-0.2, 0) is 6.54 Å². The highest BCUT2D eigenvalue weighted by molar-refractivity contribution is 4.95. The molecule has 1 saturated carbocycles. The molecule has 1 aliphatic carbocycles. The summed E-state index contributed by atoms with van der Waals surface area (Å²) in [6, 6.07) is 0. The van der Waals surface area contributed by atoms with Crippen molar-refractivity contribution in [2.24, 2.45) is 0 Å². The van der Waals surface area contributed by atoms with E-state index in [1.807, 2.05) is 11.0 Å². The van der Waals surface area contributed by atoms with Gasteiger partial charge in [0.1, 0.15) is 0 Å². The van der Waals surface area contributed by atoms with Crippen molar-refractivity contribution in [3.05, 3.63) is 24.4 Å². The number of hydrogen-bond donors (Lipinski definition) is 1. The van der Waals surface area contributed by atoms with Gasteiger partial charge in [-0.1, -0.05) is 30.5 Å². The summed E-state index contributed by atoms with van der Waals surface area (Å²) < 4.78 is 5.39. The molecule has 0 aliphatic heterocycles. The van der Waals surface area contributed by atoms with E-state index in [1.54, 1.807) is 0 Å². The number of hydrogen-bond acceptors (Lipinski definition) is 5. The predicted octanol–water partition coefficient (Wildman–Crippen LogP) is 2.10. The van der Waals surface area contributed by atoms with Crippen LogP contribution in [0, 0.1) is 0 Å². The quantitative estimate of drug-likeness (QED) is 0.765. The van der Waals surface area contributed by atoms with Gasteiger partial charge in [0.25, 0.3) is 0 Å². The van der Waals surface area contributed by atoms with Gasteiger partial charge in [-0.2, -0.15) is 4.98 Å². The fourth-order valence-corrected chi connectivity index (χ4v) is 2.61. The van der Waals surface area contributed by atoms with Crippen LogP contribution >= 0.6 is 0 Å². The molecule has 0 aromatic carbocycles. The summed E-state index contributed by atoms with van der Waals surface area (Å²) in [5.74, 6) is 1.94. The molecule has 0 spiro atoms. The lowest BCUT2D eigenvalue weighted by molar-refractivity contribution is 0.199. The van der Waals surface area contributed by atoms with E-state index in [0.29, 0.717) is 31.4 Å². The Bertz CT molecular complexity index is 386. The summed E-state index contributed by atoms with van der Waals surface area (Å²) in [5, 5.41) is 13.1. The number of aliphatic hydroxyl groups is 1. The third kappa shape index (κ3) is 4.14. The molecule has 106 valence electrons. The van der Waals surface area contributed by atoms with Gasteiger partial charge < -0.3 is 9.63 Å². The zero-order valence-corrected chi connectivity index (χ0v) is 11.4. The summed E-state index contributed by atoms with van der Waals surface area (Å²) in [7, 11) is 0. The van der Waals surface area contributed by atoms with Gasteiger partial charge in [0, 0.05) is 19.0 Å². The number of rotatable bonds is 7. The molecule has 5 heteroatoms. The average molecular weight is 265 g/mol. The van der Waals surface area contributed by atoms with Crippen molar-refractivity contribution < 1.29 is 9.63 Å². The Morgan fingerprint density at radius 2 is 2.16 bits per heavy atom. The number of nitrogens with zero attached hydrogens (tertiary/aromatic N) is 3. The third-order valence-electron chi connectivity index (χ3n) is 3.61. The maximum atomic E-state index is 9.01. The zero-order chi connectivity index (χ0) is 13.5. The Morgan fingerprint density at radius 1 is 1.37 bits per heavy atom. The molecular weight excluding hydrogens is 242 g/mol. The number of aliphatic hydroxyl groups excluding tert-OH is 1. The van der Waals surface area contributed by atoms with Crippen molar-refractivity contribution in [3.8, 4) is 0 Å². The highest BCUT2D eigenvalue weighted by atomic mass is 16.5. The smallest absolute Gasteiger partial charge is 0.229 e. The second-order valence-corrected chi connectivity index (χ2v) is 5.13. The van der Waals surface area contributed by atoms with Crippen molar-refractivity contribution in [1.29, 1.82) is 0 Å². The van der Waals surface area contributed by atoms with Crippen molar-refractivity contribution >= 4 is 0 Å². The Morgan fingerprint density at radius 3 is 2.84 bits per heavy atom. The average Bonchev–Trinajstić information content (AvgIpc) is 2.89. The first-order valence-corrected chi connectivity index (χ1v) is 7.10. The van der Waals surface area contributed by atoms with Crippen LogP contribution < -0.4 is 0 Å². The van der Waals surface area contributed by atoms with E-state index in [4.69, 9.17) is 9.63 Å². The van der Waals surface area contributed by atoms with Gasteiger partial charge in [-0.3, -0.25) is 4.90 Å². The van der Waals surface area contributed by atoms with E-state index in [0.717, 1.165) is 18.7 Å². The van der Waals surface area contributed by atoms with Gasteiger partial charge in [0.2, 0.25) is 5.89 Å².